The SMILES string of the molecule is C=Cc1ccc(OC(CCCCCCCC)CCCCCCCCC(=O)NCCS(=O)(=O)O)cc1. The third-order valence-corrected chi connectivity index (χ3v) is 6.88. The summed E-state index contributed by atoms with van der Waals surface area (Å²) < 4.78 is 36.3. The highest BCUT2D eigenvalue weighted by molar-refractivity contribution is 7.85. The summed E-state index contributed by atoms with van der Waals surface area (Å²) in [7, 11) is -4.02. The topological polar surface area (TPSA) is 92.7 Å². The first-order valence-corrected chi connectivity index (χ1v) is 15.1. The number of amides is 1. The third-order valence-electron chi connectivity index (χ3n) is 6.16. The van der Waals surface area contributed by atoms with Crippen molar-refractivity contribution in [2.24, 2.45) is 0 Å². The van der Waals surface area contributed by atoms with Crippen molar-refractivity contribution in [1.82, 2.24) is 5.32 Å². The van der Waals surface area contributed by atoms with Crippen LogP contribution in [0.1, 0.15) is 109 Å². The second kappa shape index (κ2) is 19.3. The minimum Gasteiger partial charge on any atom is -0.490 e. The number of carbonyl (C=O) groups is 1. The highest BCUT2D eigenvalue weighted by Crippen LogP contribution is 2.21. The van der Waals surface area contributed by atoms with Crippen LogP contribution >= 0.6 is 0 Å². The van der Waals surface area contributed by atoms with Gasteiger partial charge in [0.15, 0.2) is 0 Å². The lowest BCUT2D eigenvalue weighted by Gasteiger charge is -2.19. The number of benzene rings is 1. The summed E-state index contributed by atoms with van der Waals surface area (Å²) >= 11 is 0. The molecule has 1 unspecified atom stereocenters. The molecule has 0 bridgehead atoms. The number of ether oxygens (including phenoxy) is 1. The van der Waals surface area contributed by atoms with E-state index in [0.717, 1.165) is 62.7 Å². The average molecular weight is 510 g/mol. The van der Waals surface area contributed by atoms with E-state index in [1.807, 2.05) is 30.3 Å². The van der Waals surface area contributed by atoms with Gasteiger partial charge in [0.2, 0.25) is 5.91 Å². The maximum atomic E-state index is 11.7. The zero-order valence-corrected chi connectivity index (χ0v) is 22.5. The smallest absolute Gasteiger partial charge is 0.266 e. The van der Waals surface area contributed by atoms with Crippen LogP contribution in [0.3, 0.4) is 0 Å². The first kappa shape index (κ1) is 31.2. The van der Waals surface area contributed by atoms with Gasteiger partial charge >= 0.3 is 0 Å². The highest BCUT2D eigenvalue weighted by Gasteiger charge is 2.11. The summed E-state index contributed by atoms with van der Waals surface area (Å²) in [5, 5.41) is 2.52. The van der Waals surface area contributed by atoms with Crippen LogP contribution in [-0.2, 0) is 14.9 Å². The van der Waals surface area contributed by atoms with E-state index in [2.05, 4.69) is 18.8 Å². The van der Waals surface area contributed by atoms with E-state index in [4.69, 9.17) is 9.29 Å². The van der Waals surface area contributed by atoms with Crippen LogP contribution in [0.2, 0.25) is 0 Å². The third kappa shape index (κ3) is 18.1. The molecule has 0 fully saturated rings. The van der Waals surface area contributed by atoms with E-state index in [9.17, 15) is 13.2 Å². The molecule has 7 heteroatoms. The van der Waals surface area contributed by atoms with Crippen molar-refractivity contribution in [3.05, 3.63) is 36.4 Å². The molecule has 1 aromatic carbocycles. The van der Waals surface area contributed by atoms with Crippen LogP contribution in [-0.4, -0.2) is 37.3 Å². The van der Waals surface area contributed by atoms with Gasteiger partial charge in [-0.15, -0.1) is 0 Å². The van der Waals surface area contributed by atoms with E-state index >= 15 is 0 Å². The molecule has 0 saturated heterocycles. The summed E-state index contributed by atoms with van der Waals surface area (Å²) in [6.07, 6.45) is 18.7. The van der Waals surface area contributed by atoms with E-state index < -0.39 is 15.9 Å². The van der Waals surface area contributed by atoms with E-state index in [-0.39, 0.29) is 18.6 Å². The van der Waals surface area contributed by atoms with Gasteiger partial charge in [0.1, 0.15) is 5.75 Å². The van der Waals surface area contributed by atoms with Crippen molar-refractivity contribution in [1.29, 1.82) is 0 Å². The molecule has 0 aliphatic heterocycles. The molecule has 1 rings (SSSR count). The lowest BCUT2D eigenvalue weighted by Crippen LogP contribution is -2.28. The molecule has 1 aromatic rings. The predicted molar refractivity (Wildman–Crippen MR) is 145 cm³/mol. The minimum atomic E-state index is -4.02. The van der Waals surface area contributed by atoms with Gasteiger partial charge in [-0.1, -0.05) is 89.5 Å². The van der Waals surface area contributed by atoms with Crippen LogP contribution in [0.4, 0.5) is 0 Å². The van der Waals surface area contributed by atoms with Gasteiger partial charge in [0.25, 0.3) is 10.1 Å². The number of unbranched alkanes of at least 4 members (excludes halogenated alkanes) is 10. The molecule has 0 radical (unpaired) electrons. The van der Waals surface area contributed by atoms with Gasteiger partial charge in [-0.25, -0.2) is 0 Å². The molecular weight excluding hydrogens is 462 g/mol. The number of hydrogen-bond donors (Lipinski definition) is 2. The number of nitrogens with one attached hydrogen (secondary N) is 1. The summed E-state index contributed by atoms with van der Waals surface area (Å²) in [5.41, 5.74) is 1.10. The maximum absolute atomic E-state index is 11.7. The molecule has 0 aliphatic carbocycles. The van der Waals surface area contributed by atoms with E-state index in [1.54, 1.807) is 0 Å². The molecule has 0 heterocycles. The highest BCUT2D eigenvalue weighted by atomic mass is 32.2. The van der Waals surface area contributed by atoms with Gasteiger partial charge in [-0.3, -0.25) is 9.35 Å². The molecule has 0 saturated carbocycles. The molecule has 200 valence electrons. The Hall–Kier alpha value is -1.86. The minimum absolute atomic E-state index is 0.0436. The summed E-state index contributed by atoms with van der Waals surface area (Å²) in [6, 6.07) is 8.15. The number of hydrogen-bond acceptors (Lipinski definition) is 4. The van der Waals surface area contributed by atoms with Crippen molar-refractivity contribution in [3.8, 4) is 5.75 Å². The van der Waals surface area contributed by atoms with Gasteiger partial charge in [0.05, 0.1) is 11.9 Å². The Morgan fingerprint density at radius 1 is 0.943 bits per heavy atom. The Morgan fingerprint density at radius 3 is 2.03 bits per heavy atom. The predicted octanol–water partition coefficient (Wildman–Crippen LogP) is 6.95. The number of carbonyl (C=O) groups excluding carboxylic acids is 1. The normalized spacial score (nSPS) is 12.3. The van der Waals surface area contributed by atoms with Gasteiger partial charge < -0.3 is 10.1 Å². The molecule has 0 spiro atoms. The molecule has 2 N–H and O–H groups in total. The molecular formula is C28H47NO5S. The molecule has 0 aromatic heterocycles. The van der Waals surface area contributed by atoms with Crippen LogP contribution < -0.4 is 10.1 Å². The Kier molecular flexibility index (Phi) is 17.2. The van der Waals surface area contributed by atoms with Gasteiger partial charge in [0, 0.05) is 13.0 Å². The van der Waals surface area contributed by atoms with Crippen molar-refractivity contribution < 1.29 is 22.5 Å². The van der Waals surface area contributed by atoms with Crippen LogP contribution in [0, 0.1) is 0 Å². The van der Waals surface area contributed by atoms with Crippen molar-refractivity contribution >= 4 is 22.1 Å². The Balaban J connectivity index is 2.23. The Labute approximate surface area is 213 Å². The fourth-order valence-corrected chi connectivity index (χ4v) is 4.42. The molecule has 35 heavy (non-hydrogen) atoms. The summed E-state index contributed by atoms with van der Waals surface area (Å²) in [4.78, 5) is 11.7. The standard InChI is InChI=1S/C28H47NO5S/c1-3-5-6-7-10-13-16-26(34-27-21-19-25(4-2)20-22-27)17-14-11-8-9-12-15-18-28(30)29-23-24-35(31,32)33/h4,19-22,26H,2-3,5-18,23-24H2,1H3,(H,29,30)(H,31,32,33). The number of rotatable bonds is 22. The van der Waals surface area contributed by atoms with E-state index in [1.165, 1.54) is 38.5 Å². The molecule has 1 atom stereocenters. The van der Waals surface area contributed by atoms with Crippen LogP contribution in [0.5, 0.6) is 5.75 Å². The lowest BCUT2D eigenvalue weighted by atomic mass is 10.0. The quantitative estimate of drug-likeness (QED) is 0.130. The van der Waals surface area contributed by atoms with Crippen LogP contribution in [0.15, 0.2) is 30.8 Å². The summed E-state index contributed by atoms with van der Waals surface area (Å²) in [6.45, 7) is 6.01. The fourth-order valence-electron chi connectivity index (χ4n) is 4.06. The van der Waals surface area contributed by atoms with Crippen LogP contribution in [0.25, 0.3) is 6.08 Å². The fraction of sp³-hybridized carbons (Fsp3) is 0.679. The summed E-state index contributed by atoms with van der Waals surface area (Å²) in [5.74, 6) is 0.327. The van der Waals surface area contributed by atoms with Gasteiger partial charge in [-0.2, -0.15) is 8.42 Å². The van der Waals surface area contributed by atoms with Crippen molar-refractivity contribution in [3.63, 3.8) is 0 Å². The molecule has 6 nitrogen and oxygen atoms in total. The van der Waals surface area contributed by atoms with E-state index in [0.29, 0.717) is 6.42 Å². The largest absolute Gasteiger partial charge is 0.490 e. The van der Waals surface area contributed by atoms with Gasteiger partial charge in [-0.05, 0) is 49.8 Å². The zero-order chi connectivity index (χ0) is 25.8. The van der Waals surface area contributed by atoms with Crippen molar-refractivity contribution in [2.75, 3.05) is 12.3 Å². The molecule has 1 amide bonds. The molecule has 0 aliphatic rings. The second-order valence-corrected chi connectivity index (χ2v) is 10.9. The maximum Gasteiger partial charge on any atom is 0.266 e. The zero-order valence-electron chi connectivity index (χ0n) is 21.7. The average Bonchev–Trinajstić information content (AvgIpc) is 2.82. The Morgan fingerprint density at radius 2 is 1.49 bits per heavy atom. The monoisotopic (exact) mass is 509 g/mol. The first-order chi connectivity index (χ1) is 16.8. The second-order valence-electron chi connectivity index (χ2n) is 9.37. The lowest BCUT2D eigenvalue weighted by molar-refractivity contribution is -0.121. The Bertz CT molecular complexity index is 792. The first-order valence-electron chi connectivity index (χ1n) is 13.4. The van der Waals surface area contributed by atoms with Crippen molar-refractivity contribution in [2.45, 2.75) is 109 Å².